The van der Waals surface area contributed by atoms with Crippen molar-refractivity contribution in [2.75, 3.05) is 6.54 Å². The van der Waals surface area contributed by atoms with Gasteiger partial charge < -0.3 is 23.8 Å². The SMILES string of the molecule is CC(N)CCCCN.N.N. The lowest BCUT2D eigenvalue weighted by atomic mass is 10.1. The van der Waals surface area contributed by atoms with Crippen LogP contribution in [0.25, 0.3) is 0 Å². The molecule has 0 amide bonds. The Morgan fingerprint density at radius 2 is 1.70 bits per heavy atom. The molecule has 0 bridgehead atoms. The Balaban J connectivity index is -0.000000245. The Morgan fingerprint density at radius 1 is 1.20 bits per heavy atom. The van der Waals surface area contributed by atoms with E-state index >= 15 is 0 Å². The second kappa shape index (κ2) is 11.6. The summed E-state index contributed by atoms with van der Waals surface area (Å²) in [5.74, 6) is 0. The van der Waals surface area contributed by atoms with E-state index in [0.29, 0.717) is 6.04 Å². The Morgan fingerprint density at radius 3 is 2.00 bits per heavy atom. The van der Waals surface area contributed by atoms with E-state index in [2.05, 4.69) is 0 Å². The van der Waals surface area contributed by atoms with Crippen LogP contribution in [0.1, 0.15) is 26.2 Å². The molecule has 10 N–H and O–H groups in total. The number of hydrogen-bond donors (Lipinski definition) is 4. The van der Waals surface area contributed by atoms with Crippen molar-refractivity contribution in [3.05, 3.63) is 0 Å². The normalized spacial score (nSPS) is 11.1. The molecule has 0 radical (unpaired) electrons. The predicted octanol–water partition coefficient (Wildman–Crippen LogP) is 0.787. The van der Waals surface area contributed by atoms with Crippen molar-refractivity contribution in [3.63, 3.8) is 0 Å². The zero-order valence-electron chi connectivity index (χ0n) is 6.97. The van der Waals surface area contributed by atoms with Crippen molar-refractivity contribution in [2.45, 2.75) is 32.2 Å². The fourth-order valence-electron chi connectivity index (χ4n) is 0.611. The fourth-order valence-corrected chi connectivity index (χ4v) is 0.611. The summed E-state index contributed by atoms with van der Waals surface area (Å²) in [6.07, 6.45) is 3.40. The van der Waals surface area contributed by atoms with Crippen molar-refractivity contribution in [1.29, 1.82) is 0 Å². The van der Waals surface area contributed by atoms with Gasteiger partial charge in [-0.15, -0.1) is 0 Å². The molecule has 0 aliphatic rings. The molecule has 0 saturated heterocycles. The van der Waals surface area contributed by atoms with Gasteiger partial charge in [-0.25, -0.2) is 0 Å². The molecule has 0 aromatic carbocycles. The number of rotatable bonds is 4. The van der Waals surface area contributed by atoms with Gasteiger partial charge in [0.25, 0.3) is 0 Å². The van der Waals surface area contributed by atoms with E-state index in [4.69, 9.17) is 11.5 Å². The van der Waals surface area contributed by atoms with Gasteiger partial charge in [-0.05, 0) is 26.3 Å². The molecule has 1 unspecified atom stereocenters. The first-order valence-corrected chi connectivity index (χ1v) is 3.23. The van der Waals surface area contributed by atoms with Crippen LogP contribution >= 0.6 is 0 Å². The van der Waals surface area contributed by atoms with Gasteiger partial charge in [0.1, 0.15) is 0 Å². The lowest BCUT2D eigenvalue weighted by Crippen LogP contribution is -2.14. The van der Waals surface area contributed by atoms with Crippen LogP contribution in [-0.4, -0.2) is 12.6 Å². The van der Waals surface area contributed by atoms with Crippen LogP contribution in [0.3, 0.4) is 0 Å². The molecule has 4 heteroatoms. The van der Waals surface area contributed by atoms with E-state index in [1.807, 2.05) is 6.92 Å². The highest BCUT2D eigenvalue weighted by atomic mass is 14.6. The summed E-state index contributed by atoms with van der Waals surface area (Å²) in [5.41, 5.74) is 10.8. The van der Waals surface area contributed by atoms with E-state index in [1.165, 1.54) is 6.42 Å². The minimum atomic E-state index is 0. The molecule has 0 aliphatic heterocycles. The third-order valence-electron chi connectivity index (χ3n) is 1.11. The summed E-state index contributed by atoms with van der Waals surface area (Å²) in [6, 6.07) is 0.349. The van der Waals surface area contributed by atoms with Crippen LogP contribution < -0.4 is 23.8 Å². The van der Waals surface area contributed by atoms with E-state index < -0.39 is 0 Å². The van der Waals surface area contributed by atoms with Crippen LogP contribution in [0.15, 0.2) is 0 Å². The van der Waals surface area contributed by atoms with Gasteiger partial charge in [0, 0.05) is 6.04 Å². The Kier molecular flexibility index (Phi) is 19.1. The van der Waals surface area contributed by atoms with E-state index in [1.54, 1.807) is 0 Å². The lowest BCUT2D eigenvalue weighted by molar-refractivity contribution is 0.602. The highest BCUT2D eigenvalue weighted by Crippen LogP contribution is 1.95. The molecule has 0 rings (SSSR count). The summed E-state index contributed by atoms with van der Waals surface area (Å²) >= 11 is 0. The van der Waals surface area contributed by atoms with Gasteiger partial charge in [-0.3, -0.25) is 0 Å². The second-order valence-electron chi connectivity index (χ2n) is 2.26. The Bertz CT molecular complexity index is 47.0. The quantitative estimate of drug-likeness (QED) is 0.442. The fraction of sp³-hybridized carbons (Fsp3) is 1.00. The predicted molar refractivity (Wildman–Crippen MR) is 46.6 cm³/mol. The molecular weight excluding hydrogens is 128 g/mol. The summed E-state index contributed by atoms with van der Waals surface area (Å²) in [7, 11) is 0. The molecule has 0 fully saturated rings. The molecule has 10 heavy (non-hydrogen) atoms. The molecular formula is C6H22N4. The largest absolute Gasteiger partial charge is 0.344 e. The first-order valence-electron chi connectivity index (χ1n) is 3.23. The lowest BCUT2D eigenvalue weighted by Gasteiger charge is -2.01. The Hall–Kier alpha value is -0.160. The monoisotopic (exact) mass is 150 g/mol. The third kappa shape index (κ3) is 15.7. The molecule has 1 atom stereocenters. The van der Waals surface area contributed by atoms with Crippen LogP contribution in [-0.2, 0) is 0 Å². The molecule has 0 spiro atoms. The van der Waals surface area contributed by atoms with Crippen LogP contribution in [0, 0.1) is 0 Å². The van der Waals surface area contributed by atoms with Gasteiger partial charge in [0.05, 0.1) is 0 Å². The van der Waals surface area contributed by atoms with E-state index in [-0.39, 0.29) is 12.3 Å². The topological polar surface area (TPSA) is 122 Å². The van der Waals surface area contributed by atoms with Crippen LogP contribution in [0.5, 0.6) is 0 Å². The summed E-state index contributed by atoms with van der Waals surface area (Å²) < 4.78 is 0. The van der Waals surface area contributed by atoms with Gasteiger partial charge in [0.2, 0.25) is 0 Å². The molecule has 0 aliphatic carbocycles. The first-order chi connectivity index (χ1) is 3.77. The van der Waals surface area contributed by atoms with Crippen molar-refractivity contribution in [1.82, 2.24) is 12.3 Å². The Labute approximate surface area is 63.5 Å². The summed E-state index contributed by atoms with van der Waals surface area (Å²) in [5, 5.41) is 0. The molecule has 0 aromatic rings. The van der Waals surface area contributed by atoms with E-state index in [9.17, 15) is 0 Å². The third-order valence-corrected chi connectivity index (χ3v) is 1.11. The number of hydrogen-bond acceptors (Lipinski definition) is 4. The van der Waals surface area contributed by atoms with Crippen molar-refractivity contribution >= 4 is 0 Å². The maximum absolute atomic E-state index is 5.49. The molecule has 66 valence electrons. The maximum atomic E-state index is 5.49. The average Bonchev–Trinajstić information content (AvgIpc) is 1.66. The first kappa shape index (κ1) is 16.4. The second-order valence-corrected chi connectivity index (χ2v) is 2.26. The van der Waals surface area contributed by atoms with Gasteiger partial charge in [-0.2, -0.15) is 0 Å². The van der Waals surface area contributed by atoms with E-state index in [0.717, 1.165) is 19.4 Å². The maximum Gasteiger partial charge on any atom is 0.00104 e. The molecule has 0 heterocycles. The summed E-state index contributed by atoms with van der Waals surface area (Å²) in [6.45, 7) is 2.82. The highest BCUT2D eigenvalue weighted by molar-refractivity contribution is 4.52. The van der Waals surface area contributed by atoms with Crippen LogP contribution in [0.2, 0.25) is 0 Å². The molecule has 4 nitrogen and oxygen atoms in total. The van der Waals surface area contributed by atoms with Gasteiger partial charge >= 0.3 is 0 Å². The minimum Gasteiger partial charge on any atom is -0.344 e. The highest BCUT2D eigenvalue weighted by Gasteiger charge is 1.90. The molecule has 0 saturated carbocycles. The van der Waals surface area contributed by atoms with Crippen molar-refractivity contribution in [3.8, 4) is 0 Å². The minimum absolute atomic E-state index is 0. The average molecular weight is 150 g/mol. The van der Waals surface area contributed by atoms with Crippen molar-refractivity contribution < 1.29 is 0 Å². The van der Waals surface area contributed by atoms with Gasteiger partial charge in [-0.1, -0.05) is 6.42 Å². The van der Waals surface area contributed by atoms with Crippen molar-refractivity contribution in [2.24, 2.45) is 11.5 Å². The zero-order valence-corrected chi connectivity index (χ0v) is 6.97. The van der Waals surface area contributed by atoms with Crippen LogP contribution in [0.4, 0.5) is 0 Å². The number of nitrogens with two attached hydrogens (primary N) is 2. The smallest absolute Gasteiger partial charge is 0.00104 e. The summed E-state index contributed by atoms with van der Waals surface area (Å²) in [4.78, 5) is 0. The number of unbranched alkanes of at least 4 members (excludes halogenated alkanes) is 1. The molecule has 0 aromatic heterocycles. The van der Waals surface area contributed by atoms with Gasteiger partial charge in [0.15, 0.2) is 0 Å². The zero-order chi connectivity index (χ0) is 6.41. The standard InChI is InChI=1S/C6H16N2.2H3N/c1-6(8)4-2-3-5-7;;/h6H,2-5,7-8H2,1H3;2*1H3.